The molecule has 0 aliphatic carbocycles. The fourth-order valence-corrected chi connectivity index (χ4v) is 0.580. The van der Waals surface area contributed by atoms with Crippen molar-refractivity contribution in [2.75, 3.05) is 0 Å². The van der Waals surface area contributed by atoms with Crippen LogP contribution in [0.1, 0.15) is 0 Å². The summed E-state index contributed by atoms with van der Waals surface area (Å²) >= 11 is -2.61. The first-order valence-corrected chi connectivity index (χ1v) is 4.32. The fraction of sp³-hybridized carbons (Fsp3) is 0. The minimum absolute atomic E-state index is 0.151. The Hall–Kier alpha value is -1.44. The van der Waals surface area contributed by atoms with E-state index >= 15 is 0 Å². The van der Waals surface area contributed by atoms with Gasteiger partial charge in [-0.25, -0.2) is 0 Å². The van der Waals surface area contributed by atoms with Gasteiger partial charge in [0.1, 0.15) is 11.5 Å². The van der Waals surface area contributed by atoms with Crippen LogP contribution < -0.4 is 4.74 Å². The van der Waals surface area contributed by atoms with E-state index in [1.807, 2.05) is 0 Å². The van der Waals surface area contributed by atoms with Gasteiger partial charge in [0.05, 0.1) is 0 Å². The lowest BCUT2D eigenvalue weighted by atomic mass is 10.3. The van der Waals surface area contributed by atoms with E-state index in [0.717, 1.165) is 0 Å². The van der Waals surface area contributed by atoms with Crippen LogP contribution in [0.3, 0.4) is 0 Å². The Morgan fingerprint density at radius 1 is 1.21 bits per heavy atom. The molecule has 0 amide bonds. The van der Waals surface area contributed by atoms with Crippen LogP contribution >= 0.6 is 0 Å². The van der Waals surface area contributed by atoms with Gasteiger partial charge in [0, 0.05) is 0 Å². The van der Waals surface area contributed by atoms with Gasteiger partial charge >= 0.3 is 0 Å². The predicted molar refractivity (Wildman–Crippen MR) is 48.2 cm³/mol. The maximum Gasteiger partial charge on any atom is 0.299 e. The van der Waals surface area contributed by atoms with Gasteiger partial charge < -0.3 is 9.84 Å². The average molecular weight is 220 g/mol. The molecule has 7 heteroatoms. The number of ether oxygens (including phenoxy) is 1. The van der Waals surface area contributed by atoms with Gasteiger partial charge in [-0.3, -0.25) is 13.9 Å². The van der Waals surface area contributed by atoms with Crippen molar-refractivity contribution in [3.05, 3.63) is 24.3 Å². The van der Waals surface area contributed by atoms with Crippen LogP contribution in [0.5, 0.6) is 11.5 Å². The van der Waals surface area contributed by atoms with Crippen LogP contribution in [0, 0.1) is 0 Å². The van der Waals surface area contributed by atoms with E-state index in [-0.39, 0.29) is 5.75 Å². The quantitative estimate of drug-likeness (QED) is 0.498. The minimum Gasteiger partial charge on any atom is -0.508 e. The third-order valence-electron chi connectivity index (χ3n) is 1.02. The van der Waals surface area contributed by atoms with Crippen LogP contribution in [0.15, 0.2) is 24.3 Å². The number of aromatic hydroxyl groups is 1. The lowest BCUT2D eigenvalue weighted by Crippen LogP contribution is -1.86. The van der Waals surface area contributed by atoms with Gasteiger partial charge in [-0.1, -0.05) is 0 Å². The molecule has 0 bridgehead atoms. The Balaban J connectivity index is 0.000000364. The number of benzene rings is 1. The zero-order valence-electron chi connectivity index (χ0n) is 6.86. The van der Waals surface area contributed by atoms with Gasteiger partial charge in [0.25, 0.3) is 17.8 Å². The Labute approximate surface area is 82.3 Å². The highest BCUT2D eigenvalue weighted by atomic mass is 32.2. The first kappa shape index (κ1) is 12.6. The molecule has 0 aliphatic rings. The Morgan fingerprint density at radius 3 is 2.00 bits per heavy atom. The zero-order chi connectivity index (χ0) is 11.0. The smallest absolute Gasteiger partial charge is 0.299 e. The van der Waals surface area contributed by atoms with Gasteiger partial charge in [-0.05, 0) is 24.3 Å². The summed E-state index contributed by atoms with van der Waals surface area (Å²) in [6.07, 6.45) is 0. The van der Waals surface area contributed by atoms with Gasteiger partial charge in [-0.2, -0.15) is 4.21 Å². The van der Waals surface area contributed by atoms with Crippen LogP contribution in [-0.2, 0) is 16.2 Å². The number of hydrogen-bond acceptors (Lipinski definition) is 4. The summed E-state index contributed by atoms with van der Waals surface area (Å²) in [5.74, 6) is 0.575. The van der Waals surface area contributed by atoms with Gasteiger partial charge in [0.15, 0.2) is 0 Å². The number of phenolic OH excluding ortho intramolecular Hbond substituents is 1. The summed E-state index contributed by atoms with van der Waals surface area (Å²) in [5, 5.41) is 8.78. The van der Waals surface area contributed by atoms with E-state index in [9.17, 15) is 4.79 Å². The van der Waals surface area contributed by atoms with E-state index in [4.69, 9.17) is 18.4 Å². The number of carbonyl (C=O) groups is 1. The molecule has 0 atom stereocenters. The first-order valence-electron chi connectivity index (χ1n) is 3.25. The molecule has 0 aromatic heterocycles. The van der Waals surface area contributed by atoms with Crippen molar-refractivity contribution in [3.8, 4) is 11.5 Å². The van der Waals surface area contributed by atoms with Crippen LogP contribution in [-0.4, -0.2) is 24.9 Å². The SMILES string of the molecule is O=COc1ccc(O)cc1.O=S(O)O. The standard InChI is InChI=1S/C7H6O3.H2O3S/c8-5-10-7-3-1-6(9)2-4-7;1-4(2)3/h1-5,9H;(H2,1,2,3). The topological polar surface area (TPSA) is 104 Å². The molecule has 0 saturated carbocycles. The molecule has 0 aliphatic heterocycles. The van der Waals surface area contributed by atoms with Crippen molar-refractivity contribution in [1.29, 1.82) is 0 Å². The molecule has 0 radical (unpaired) electrons. The molecule has 78 valence electrons. The Bertz CT molecular complexity index is 292. The molecule has 0 fully saturated rings. The molecule has 14 heavy (non-hydrogen) atoms. The highest BCUT2D eigenvalue weighted by Crippen LogP contribution is 2.14. The van der Waals surface area contributed by atoms with Crippen molar-refractivity contribution < 1.29 is 28.0 Å². The summed E-state index contributed by atoms with van der Waals surface area (Å²) in [7, 11) is 0. The van der Waals surface area contributed by atoms with Crippen molar-refractivity contribution in [2.24, 2.45) is 0 Å². The number of phenols is 1. The molecule has 0 saturated heterocycles. The van der Waals surface area contributed by atoms with E-state index in [0.29, 0.717) is 12.2 Å². The molecular formula is C7H8O6S. The van der Waals surface area contributed by atoms with Crippen molar-refractivity contribution in [3.63, 3.8) is 0 Å². The molecule has 1 aromatic rings. The van der Waals surface area contributed by atoms with Crippen LogP contribution in [0.4, 0.5) is 0 Å². The summed E-state index contributed by atoms with van der Waals surface area (Å²) in [4.78, 5) is 9.77. The van der Waals surface area contributed by atoms with Crippen LogP contribution in [0.2, 0.25) is 0 Å². The molecular weight excluding hydrogens is 212 g/mol. The van der Waals surface area contributed by atoms with Gasteiger partial charge in [-0.15, -0.1) is 0 Å². The van der Waals surface area contributed by atoms with Crippen molar-refractivity contribution >= 4 is 17.8 Å². The normalized spacial score (nSPS) is 8.79. The Kier molecular flexibility index (Phi) is 6.29. The van der Waals surface area contributed by atoms with E-state index in [2.05, 4.69) is 4.74 Å². The van der Waals surface area contributed by atoms with Crippen molar-refractivity contribution in [2.45, 2.75) is 0 Å². The first-order chi connectivity index (χ1) is 6.56. The van der Waals surface area contributed by atoms with E-state index in [1.165, 1.54) is 24.3 Å². The molecule has 0 spiro atoms. The molecule has 1 aromatic carbocycles. The second kappa shape index (κ2) is 7.01. The summed E-state index contributed by atoms with van der Waals surface area (Å²) in [6, 6.07) is 5.89. The lowest BCUT2D eigenvalue weighted by Gasteiger charge is -1.95. The third-order valence-corrected chi connectivity index (χ3v) is 1.02. The Morgan fingerprint density at radius 2 is 1.64 bits per heavy atom. The summed E-state index contributed by atoms with van der Waals surface area (Å²) < 4.78 is 27.3. The second-order valence-corrected chi connectivity index (χ2v) is 2.40. The second-order valence-electron chi connectivity index (χ2n) is 1.94. The molecule has 6 nitrogen and oxygen atoms in total. The lowest BCUT2D eigenvalue weighted by molar-refractivity contribution is -0.120. The number of carbonyl (C=O) groups excluding carboxylic acids is 1. The highest BCUT2D eigenvalue weighted by Gasteiger charge is 1.90. The third kappa shape index (κ3) is 7.22. The molecule has 0 unspecified atom stereocenters. The fourth-order valence-electron chi connectivity index (χ4n) is 0.580. The van der Waals surface area contributed by atoms with Crippen LogP contribution in [0.25, 0.3) is 0 Å². The molecule has 0 heterocycles. The summed E-state index contributed by atoms with van der Waals surface area (Å²) in [5.41, 5.74) is 0. The maximum absolute atomic E-state index is 9.77. The monoisotopic (exact) mass is 220 g/mol. The zero-order valence-corrected chi connectivity index (χ0v) is 7.68. The van der Waals surface area contributed by atoms with Gasteiger partial charge in [0.2, 0.25) is 0 Å². The average Bonchev–Trinajstić information content (AvgIpc) is 2.08. The number of hydrogen-bond donors (Lipinski definition) is 3. The van der Waals surface area contributed by atoms with E-state index < -0.39 is 11.4 Å². The largest absolute Gasteiger partial charge is 0.508 e. The summed E-state index contributed by atoms with van der Waals surface area (Å²) in [6.45, 7) is 0.340. The molecule has 3 N–H and O–H groups in total. The minimum atomic E-state index is -2.61. The predicted octanol–water partition coefficient (Wildman–Crippen LogP) is 0.608. The van der Waals surface area contributed by atoms with E-state index in [1.54, 1.807) is 0 Å². The highest BCUT2D eigenvalue weighted by molar-refractivity contribution is 7.73. The number of rotatable bonds is 2. The van der Waals surface area contributed by atoms with Crippen molar-refractivity contribution in [1.82, 2.24) is 0 Å². The maximum atomic E-state index is 9.77. The molecule has 1 rings (SSSR count).